The Bertz CT molecular complexity index is 506. The summed E-state index contributed by atoms with van der Waals surface area (Å²) in [7, 11) is 0. The van der Waals surface area contributed by atoms with Gasteiger partial charge in [-0.1, -0.05) is 29.3 Å². The van der Waals surface area contributed by atoms with Crippen LogP contribution in [0.1, 0.15) is 16.7 Å². The predicted octanol–water partition coefficient (Wildman–Crippen LogP) is 5.01. The second-order valence-electron chi connectivity index (χ2n) is 4.41. The van der Waals surface area contributed by atoms with Crippen LogP contribution in [-0.4, -0.2) is 0 Å². The molecule has 0 saturated carbocycles. The summed E-state index contributed by atoms with van der Waals surface area (Å²) in [5.41, 5.74) is 5.83. The fraction of sp³-hybridized carbons (Fsp3) is 0.200. The van der Waals surface area contributed by atoms with Crippen molar-refractivity contribution in [3.05, 3.63) is 58.1 Å². The molecule has 0 aromatic heterocycles. The minimum Gasteiger partial charge on any atom is -0.355 e. The first kappa shape index (κ1) is 12.0. The SMILES string of the molecule is Cc1ccc(Nc2c(C)cc(Cl)cc2C)cc1. The molecule has 0 bridgehead atoms. The Labute approximate surface area is 107 Å². The Morgan fingerprint density at radius 3 is 1.94 bits per heavy atom. The van der Waals surface area contributed by atoms with Gasteiger partial charge in [0, 0.05) is 16.4 Å². The molecule has 2 aromatic rings. The Morgan fingerprint density at radius 2 is 1.41 bits per heavy atom. The normalized spacial score (nSPS) is 10.4. The quantitative estimate of drug-likeness (QED) is 0.784. The Morgan fingerprint density at radius 1 is 0.882 bits per heavy atom. The van der Waals surface area contributed by atoms with Crippen LogP contribution in [0.15, 0.2) is 36.4 Å². The molecule has 0 atom stereocenters. The summed E-state index contributed by atoms with van der Waals surface area (Å²) in [4.78, 5) is 0. The highest BCUT2D eigenvalue weighted by Crippen LogP contribution is 2.27. The number of hydrogen-bond acceptors (Lipinski definition) is 1. The van der Waals surface area contributed by atoms with Gasteiger partial charge in [-0.05, 0) is 56.2 Å². The van der Waals surface area contributed by atoms with E-state index in [0.717, 1.165) is 27.5 Å². The molecular formula is C15H16ClN. The van der Waals surface area contributed by atoms with E-state index in [-0.39, 0.29) is 0 Å². The van der Waals surface area contributed by atoms with Gasteiger partial charge in [-0.15, -0.1) is 0 Å². The molecule has 0 saturated heterocycles. The molecule has 2 aromatic carbocycles. The van der Waals surface area contributed by atoms with E-state index in [2.05, 4.69) is 50.4 Å². The van der Waals surface area contributed by atoms with Crippen molar-refractivity contribution >= 4 is 23.0 Å². The van der Waals surface area contributed by atoms with Crippen LogP contribution in [0.5, 0.6) is 0 Å². The number of benzene rings is 2. The lowest BCUT2D eigenvalue weighted by Crippen LogP contribution is -1.96. The van der Waals surface area contributed by atoms with Gasteiger partial charge in [0.1, 0.15) is 0 Å². The highest BCUT2D eigenvalue weighted by molar-refractivity contribution is 6.30. The summed E-state index contributed by atoms with van der Waals surface area (Å²) in [5.74, 6) is 0. The monoisotopic (exact) mass is 245 g/mol. The van der Waals surface area contributed by atoms with Crippen molar-refractivity contribution < 1.29 is 0 Å². The van der Waals surface area contributed by atoms with Gasteiger partial charge in [0.05, 0.1) is 0 Å². The molecule has 0 aliphatic heterocycles. The van der Waals surface area contributed by atoms with Gasteiger partial charge >= 0.3 is 0 Å². The molecule has 88 valence electrons. The summed E-state index contributed by atoms with van der Waals surface area (Å²) >= 11 is 6.02. The zero-order valence-electron chi connectivity index (χ0n) is 10.3. The highest BCUT2D eigenvalue weighted by atomic mass is 35.5. The van der Waals surface area contributed by atoms with Crippen molar-refractivity contribution in [1.82, 2.24) is 0 Å². The standard InChI is InChI=1S/C15H16ClN/c1-10-4-6-14(7-5-10)17-15-11(2)8-13(16)9-12(15)3/h4-9,17H,1-3H3. The van der Waals surface area contributed by atoms with Crippen LogP contribution in [0, 0.1) is 20.8 Å². The zero-order chi connectivity index (χ0) is 12.4. The summed E-state index contributed by atoms with van der Waals surface area (Å²) in [5, 5.41) is 4.22. The van der Waals surface area contributed by atoms with Crippen molar-refractivity contribution in [3.63, 3.8) is 0 Å². The van der Waals surface area contributed by atoms with Gasteiger partial charge in [0.15, 0.2) is 0 Å². The van der Waals surface area contributed by atoms with E-state index in [1.165, 1.54) is 5.56 Å². The van der Waals surface area contributed by atoms with Gasteiger partial charge in [-0.2, -0.15) is 0 Å². The number of rotatable bonds is 2. The van der Waals surface area contributed by atoms with E-state index in [1.807, 2.05) is 12.1 Å². The third-order valence-corrected chi connectivity index (χ3v) is 3.04. The van der Waals surface area contributed by atoms with Gasteiger partial charge in [-0.25, -0.2) is 0 Å². The zero-order valence-corrected chi connectivity index (χ0v) is 11.1. The van der Waals surface area contributed by atoms with Crippen LogP contribution in [0.3, 0.4) is 0 Å². The molecule has 0 aliphatic rings. The fourth-order valence-corrected chi connectivity index (χ4v) is 2.22. The molecule has 2 heteroatoms. The lowest BCUT2D eigenvalue weighted by atomic mass is 10.1. The maximum atomic E-state index is 6.02. The fourth-order valence-electron chi connectivity index (χ4n) is 1.89. The molecule has 1 nitrogen and oxygen atoms in total. The van der Waals surface area contributed by atoms with Crippen molar-refractivity contribution in [1.29, 1.82) is 0 Å². The molecule has 0 spiro atoms. The molecule has 2 rings (SSSR count). The Kier molecular flexibility index (Phi) is 3.39. The first-order chi connectivity index (χ1) is 8.06. The van der Waals surface area contributed by atoms with Gasteiger partial charge in [0.25, 0.3) is 0 Å². The summed E-state index contributed by atoms with van der Waals surface area (Å²) in [6.45, 7) is 6.22. The topological polar surface area (TPSA) is 12.0 Å². The second-order valence-corrected chi connectivity index (χ2v) is 4.84. The van der Waals surface area contributed by atoms with E-state index in [9.17, 15) is 0 Å². The van der Waals surface area contributed by atoms with E-state index in [1.54, 1.807) is 0 Å². The molecule has 0 amide bonds. The summed E-state index contributed by atoms with van der Waals surface area (Å²) in [6, 6.07) is 12.3. The van der Waals surface area contributed by atoms with E-state index < -0.39 is 0 Å². The van der Waals surface area contributed by atoms with Crippen LogP contribution >= 0.6 is 11.6 Å². The summed E-state index contributed by atoms with van der Waals surface area (Å²) in [6.07, 6.45) is 0. The summed E-state index contributed by atoms with van der Waals surface area (Å²) < 4.78 is 0. The lowest BCUT2D eigenvalue weighted by Gasteiger charge is -2.13. The average molecular weight is 246 g/mol. The van der Waals surface area contributed by atoms with E-state index in [0.29, 0.717) is 0 Å². The molecule has 0 radical (unpaired) electrons. The average Bonchev–Trinajstić information content (AvgIpc) is 2.26. The largest absolute Gasteiger partial charge is 0.355 e. The van der Waals surface area contributed by atoms with Gasteiger partial charge in [-0.3, -0.25) is 0 Å². The molecule has 0 fully saturated rings. The van der Waals surface area contributed by atoms with Crippen LogP contribution in [-0.2, 0) is 0 Å². The van der Waals surface area contributed by atoms with Crippen molar-refractivity contribution in [2.45, 2.75) is 20.8 Å². The van der Waals surface area contributed by atoms with Crippen molar-refractivity contribution in [3.8, 4) is 0 Å². The smallest absolute Gasteiger partial charge is 0.0444 e. The van der Waals surface area contributed by atoms with E-state index in [4.69, 9.17) is 11.6 Å². The number of aryl methyl sites for hydroxylation is 3. The van der Waals surface area contributed by atoms with Gasteiger partial charge < -0.3 is 5.32 Å². The van der Waals surface area contributed by atoms with Crippen LogP contribution in [0.25, 0.3) is 0 Å². The van der Waals surface area contributed by atoms with Crippen molar-refractivity contribution in [2.24, 2.45) is 0 Å². The van der Waals surface area contributed by atoms with Gasteiger partial charge in [0.2, 0.25) is 0 Å². The first-order valence-corrected chi connectivity index (χ1v) is 6.04. The molecule has 0 aliphatic carbocycles. The highest BCUT2D eigenvalue weighted by Gasteiger charge is 2.04. The number of anilines is 2. The van der Waals surface area contributed by atoms with Crippen LogP contribution in [0.4, 0.5) is 11.4 Å². The van der Waals surface area contributed by atoms with Crippen molar-refractivity contribution in [2.75, 3.05) is 5.32 Å². The maximum Gasteiger partial charge on any atom is 0.0444 e. The molecule has 1 N–H and O–H groups in total. The minimum atomic E-state index is 0.787. The molecule has 0 heterocycles. The van der Waals surface area contributed by atoms with Crippen LogP contribution < -0.4 is 5.32 Å². The van der Waals surface area contributed by atoms with E-state index >= 15 is 0 Å². The first-order valence-electron chi connectivity index (χ1n) is 5.67. The molecule has 0 unspecified atom stereocenters. The Balaban J connectivity index is 2.33. The molecular weight excluding hydrogens is 230 g/mol. The maximum absolute atomic E-state index is 6.02. The number of halogens is 1. The van der Waals surface area contributed by atoms with Crippen LogP contribution in [0.2, 0.25) is 5.02 Å². The third-order valence-electron chi connectivity index (χ3n) is 2.82. The third kappa shape index (κ3) is 2.80. The number of hydrogen-bond donors (Lipinski definition) is 1. The minimum absolute atomic E-state index is 0.787. The number of nitrogens with one attached hydrogen (secondary N) is 1. The lowest BCUT2D eigenvalue weighted by molar-refractivity contribution is 1.35. The Hall–Kier alpha value is -1.47. The predicted molar refractivity (Wildman–Crippen MR) is 75.4 cm³/mol. The molecule has 17 heavy (non-hydrogen) atoms. The second kappa shape index (κ2) is 4.80.